The van der Waals surface area contributed by atoms with Crippen LogP contribution in [-0.2, 0) is 11.3 Å². The monoisotopic (exact) mass is 255 g/mol. The molecule has 0 fully saturated rings. The number of hydrogen-bond acceptors (Lipinski definition) is 3. The van der Waals surface area contributed by atoms with Crippen LogP contribution in [0.4, 0.5) is 4.39 Å². The Hall–Kier alpha value is -0.970. The lowest BCUT2D eigenvalue weighted by Crippen LogP contribution is -2.42. The maximum atomic E-state index is 13.3. The van der Waals surface area contributed by atoms with Gasteiger partial charge < -0.3 is 15.2 Å². The Morgan fingerprint density at radius 2 is 2.00 bits per heavy atom. The van der Waals surface area contributed by atoms with E-state index in [0.29, 0.717) is 12.1 Å². The van der Waals surface area contributed by atoms with Crippen molar-refractivity contribution in [2.24, 2.45) is 0 Å². The Labute approximate surface area is 108 Å². The summed E-state index contributed by atoms with van der Waals surface area (Å²) in [7, 11) is 0. The van der Waals surface area contributed by atoms with Crippen molar-refractivity contribution in [3.05, 3.63) is 35.6 Å². The Morgan fingerprint density at radius 3 is 2.61 bits per heavy atom. The molecule has 0 radical (unpaired) electrons. The standard InChI is InChI=1S/C14H22FNO2/c1-14(2,3)16-8-12(17)10-18-9-11-6-4-5-7-13(11)15/h4-7,12,16-17H,8-10H2,1-3H3. The van der Waals surface area contributed by atoms with Crippen LogP contribution in [0.3, 0.4) is 0 Å². The summed E-state index contributed by atoms with van der Waals surface area (Å²) in [6.07, 6.45) is -0.587. The zero-order valence-corrected chi connectivity index (χ0v) is 11.2. The summed E-state index contributed by atoms with van der Waals surface area (Å²) in [4.78, 5) is 0. The number of aliphatic hydroxyl groups is 1. The highest BCUT2D eigenvalue weighted by Gasteiger charge is 2.12. The summed E-state index contributed by atoms with van der Waals surface area (Å²) < 4.78 is 18.6. The number of benzene rings is 1. The van der Waals surface area contributed by atoms with Gasteiger partial charge in [0.15, 0.2) is 0 Å². The van der Waals surface area contributed by atoms with E-state index in [1.54, 1.807) is 18.2 Å². The van der Waals surface area contributed by atoms with Crippen LogP contribution in [0.15, 0.2) is 24.3 Å². The number of ether oxygens (including phenoxy) is 1. The van der Waals surface area contributed by atoms with Gasteiger partial charge in [0, 0.05) is 17.6 Å². The molecule has 1 rings (SSSR count). The predicted molar refractivity (Wildman–Crippen MR) is 69.8 cm³/mol. The fourth-order valence-electron chi connectivity index (χ4n) is 1.40. The van der Waals surface area contributed by atoms with E-state index in [2.05, 4.69) is 5.32 Å². The normalized spacial score (nSPS) is 13.6. The number of aliphatic hydroxyl groups excluding tert-OH is 1. The fourth-order valence-corrected chi connectivity index (χ4v) is 1.40. The molecule has 3 nitrogen and oxygen atoms in total. The molecule has 0 saturated carbocycles. The van der Waals surface area contributed by atoms with Crippen LogP contribution in [0.2, 0.25) is 0 Å². The Kier molecular flexibility index (Phi) is 5.72. The van der Waals surface area contributed by atoms with E-state index in [0.717, 1.165) is 0 Å². The molecule has 0 heterocycles. The van der Waals surface area contributed by atoms with E-state index >= 15 is 0 Å². The molecule has 0 spiro atoms. The zero-order valence-electron chi connectivity index (χ0n) is 11.2. The van der Waals surface area contributed by atoms with Crippen LogP contribution in [0.25, 0.3) is 0 Å². The molecule has 0 aliphatic rings. The van der Waals surface area contributed by atoms with Crippen LogP contribution >= 0.6 is 0 Å². The topological polar surface area (TPSA) is 41.5 Å². The minimum Gasteiger partial charge on any atom is -0.389 e. The molecule has 1 unspecified atom stereocenters. The number of halogens is 1. The van der Waals surface area contributed by atoms with Gasteiger partial charge in [-0.15, -0.1) is 0 Å². The second kappa shape index (κ2) is 6.83. The predicted octanol–water partition coefficient (Wildman–Crippen LogP) is 2.09. The van der Waals surface area contributed by atoms with Gasteiger partial charge >= 0.3 is 0 Å². The maximum Gasteiger partial charge on any atom is 0.128 e. The van der Waals surface area contributed by atoms with Crippen LogP contribution in [0, 0.1) is 5.82 Å². The Morgan fingerprint density at radius 1 is 1.33 bits per heavy atom. The molecule has 0 bridgehead atoms. The first-order valence-corrected chi connectivity index (χ1v) is 6.13. The Bertz CT molecular complexity index is 363. The quantitative estimate of drug-likeness (QED) is 0.818. The van der Waals surface area contributed by atoms with Crippen molar-refractivity contribution in [3.8, 4) is 0 Å². The Balaban J connectivity index is 2.24. The van der Waals surface area contributed by atoms with E-state index in [1.165, 1.54) is 6.07 Å². The molecular weight excluding hydrogens is 233 g/mol. The first kappa shape index (κ1) is 15.1. The highest BCUT2D eigenvalue weighted by Crippen LogP contribution is 2.07. The molecule has 0 saturated heterocycles. The van der Waals surface area contributed by atoms with Gasteiger partial charge in [-0.05, 0) is 26.8 Å². The number of β-amino-alcohol motifs (C(OH)–C–C–N with tert-alkyl or cyclic N) is 1. The molecule has 4 heteroatoms. The van der Waals surface area contributed by atoms with Crippen molar-refractivity contribution in [1.29, 1.82) is 0 Å². The second-order valence-electron chi connectivity index (χ2n) is 5.39. The number of rotatable bonds is 6. The third-order valence-electron chi connectivity index (χ3n) is 2.39. The van der Waals surface area contributed by atoms with E-state index in [4.69, 9.17) is 4.74 Å². The third-order valence-corrected chi connectivity index (χ3v) is 2.39. The van der Waals surface area contributed by atoms with Crippen molar-refractivity contribution < 1.29 is 14.2 Å². The average Bonchev–Trinajstić information content (AvgIpc) is 2.28. The smallest absolute Gasteiger partial charge is 0.128 e. The van der Waals surface area contributed by atoms with E-state index in [9.17, 15) is 9.50 Å². The highest BCUT2D eigenvalue weighted by molar-refractivity contribution is 5.16. The number of nitrogens with one attached hydrogen (secondary N) is 1. The maximum absolute atomic E-state index is 13.3. The van der Waals surface area contributed by atoms with Gasteiger partial charge in [0.1, 0.15) is 5.82 Å². The number of hydrogen-bond donors (Lipinski definition) is 2. The van der Waals surface area contributed by atoms with Crippen LogP contribution in [-0.4, -0.2) is 29.9 Å². The van der Waals surface area contributed by atoms with Crippen molar-refractivity contribution >= 4 is 0 Å². The van der Waals surface area contributed by atoms with Crippen molar-refractivity contribution in [1.82, 2.24) is 5.32 Å². The summed E-state index contributed by atoms with van der Waals surface area (Å²) in [6, 6.07) is 6.48. The van der Waals surface area contributed by atoms with Crippen molar-refractivity contribution in [2.45, 2.75) is 39.0 Å². The van der Waals surface area contributed by atoms with Gasteiger partial charge in [0.2, 0.25) is 0 Å². The van der Waals surface area contributed by atoms with Crippen LogP contribution in [0.1, 0.15) is 26.3 Å². The minimum atomic E-state index is -0.587. The molecule has 2 N–H and O–H groups in total. The molecule has 1 aromatic rings. The average molecular weight is 255 g/mol. The molecule has 0 aliphatic carbocycles. The SMILES string of the molecule is CC(C)(C)NCC(O)COCc1ccccc1F. The fraction of sp³-hybridized carbons (Fsp3) is 0.571. The molecular formula is C14H22FNO2. The first-order valence-electron chi connectivity index (χ1n) is 6.13. The summed E-state index contributed by atoms with van der Waals surface area (Å²) in [5.41, 5.74) is 0.473. The molecule has 0 aliphatic heterocycles. The van der Waals surface area contributed by atoms with Gasteiger partial charge in [0.25, 0.3) is 0 Å². The van der Waals surface area contributed by atoms with Crippen molar-refractivity contribution in [2.75, 3.05) is 13.2 Å². The first-order chi connectivity index (χ1) is 8.38. The van der Waals surface area contributed by atoms with Crippen LogP contribution < -0.4 is 5.32 Å². The highest BCUT2D eigenvalue weighted by atomic mass is 19.1. The van der Waals surface area contributed by atoms with Gasteiger partial charge in [-0.3, -0.25) is 0 Å². The van der Waals surface area contributed by atoms with E-state index in [-0.39, 0.29) is 24.6 Å². The zero-order chi connectivity index (χ0) is 13.6. The lowest BCUT2D eigenvalue weighted by atomic mass is 10.1. The van der Waals surface area contributed by atoms with Gasteiger partial charge in [-0.2, -0.15) is 0 Å². The summed E-state index contributed by atoms with van der Waals surface area (Å²) >= 11 is 0. The molecule has 0 amide bonds. The molecule has 1 aromatic carbocycles. The molecule has 18 heavy (non-hydrogen) atoms. The largest absolute Gasteiger partial charge is 0.389 e. The third kappa shape index (κ3) is 6.10. The van der Waals surface area contributed by atoms with E-state index in [1.807, 2.05) is 20.8 Å². The summed E-state index contributed by atoms with van der Waals surface area (Å²) in [5, 5.41) is 12.9. The van der Waals surface area contributed by atoms with Crippen LogP contribution in [0.5, 0.6) is 0 Å². The molecule has 0 aromatic heterocycles. The van der Waals surface area contributed by atoms with Gasteiger partial charge in [-0.25, -0.2) is 4.39 Å². The van der Waals surface area contributed by atoms with E-state index < -0.39 is 6.10 Å². The second-order valence-corrected chi connectivity index (χ2v) is 5.39. The van der Waals surface area contributed by atoms with Crippen molar-refractivity contribution in [3.63, 3.8) is 0 Å². The summed E-state index contributed by atoms with van der Waals surface area (Å²) in [6.45, 7) is 6.91. The molecule has 1 atom stereocenters. The lowest BCUT2D eigenvalue weighted by molar-refractivity contribution is 0.0252. The van der Waals surface area contributed by atoms with Gasteiger partial charge in [-0.1, -0.05) is 18.2 Å². The minimum absolute atomic E-state index is 0.0352. The lowest BCUT2D eigenvalue weighted by Gasteiger charge is -2.22. The summed E-state index contributed by atoms with van der Waals surface area (Å²) in [5.74, 6) is -0.278. The molecule has 102 valence electrons. The van der Waals surface area contributed by atoms with Gasteiger partial charge in [0.05, 0.1) is 19.3 Å².